The SMILES string of the molecule is C=CC(=O)N1CCN(c2nc(OC[C@@]34CCCN3C[C@H](F)C4)nc3cc(-c4cccc5cccc(Cl)c45)c(F)cc23)C2(CC2)C1. The fraction of sp³-hybridized carbons (Fsp3) is 0.400. The maximum absolute atomic E-state index is 16.2. The number of hydrogen-bond donors (Lipinski definition) is 0. The Morgan fingerprint density at radius 1 is 1.09 bits per heavy atom. The van der Waals surface area contributed by atoms with Gasteiger partial charge in [0.15, 0.2) is 0 Å². The molecule has 3 aromatic carbocycles. The topological polar surface area (TPSA) is 61.8 Å². The molecule has 4 heterocycles. The largest absolute Gasteiger partial charge is 0.461 e. The normalized spacial score (nSPS) is 24.0. The van der Waals surface area contributed by atoms with Crippen molar-refractivity contribution in [3.63, 3.8) is 0 Å². The number of rotatable bonds is 6. The van der Waals surface area contributed by atoms with Crippen molar-refractivity contribution >= 4 is 45.0 Å². The van der Waals surface area contributed by atoms with E-state index < -0.39 is 12.0 Å². The van der Waals surface area contributed by atoms with Gasteiger partial charge in [0, 0.05) is 54.0 Å². The van der Waals surface area contributed by atoms with Crippen molar-refractivity contribution in [1.82, 2.24) is 19.8 Å². The molecule has 1 aliphatic carbocycles. The zero-order valence-corrected chi connectivity index (χ0v) is 25.7. The molecule has 1 amide bonds. The fourth-order valence-corrected chi connectivity index (χ4v) is 8.24. The minimum atomic E-state index is -0.871. The molecule has 4 aromatic rings. The molecule has 0 N–H and O–H groups in total. The zero-order chi connectivity index (χ0) is 30.9. The minimum absolute atomic E-state index is 0.0926. The van der Waals surface area contributed by atoms with Gasteiger partial charge in [-0.05, 0) is 67.5 Å². The van der Waals surface area contributed by atoms with Crippen molar-refractivity contribution in [3.8, 4) is 17.1 Å². The van der Waals surface area contributed by atoms with Gasteiger partial charge < -0.3 is 14.5 Å². The highest BCUT2D eigenvalue weighted by atomic mass is 35.5. The molecule has 1 saturated carbocycles. The second-order valence-corrected chi connectivity index (χ2v) is 13.4. The summed E-state index contributed by atoms with van der Waals surface area (Å²) in [6.45, 7) is 6.83. The Kier molecular flexibility index (Phi) is 6.76. The number of carbonyl (C=O) groups is 1. The van der Waals surface area contributed by atoms with E-state index in [0.717, 1.165) is 43.0 Å². The van der Waals surface area contributed by atoms with Crippen molar-refractivity contribution in [3.05, 3.63) is 72.0 Å². The third kappa shape index (κ3) is 4.74. The summed E-state index contributed by atoms with van der Waals surface area (Å²) in [5.74, 6) is 0.0967. The average molecular weight is 630 g/mol. The van der Waals surface area contributed by atoms with E-state index in [1.807, 2.05) is 35.2 Å². The van der Waals surface area contributed by atoms with Crippen LogP contribution < -0.4 is 9.64 Å². The molecule has 3 saturated heterocycles. The standard InChI is InChI=1S/C35H34ClF2N5O2/c1-2-30(44)41-14-15-43(34(20-41)11-12-34)32-26-16-28(38)25(24-8-3-6-22-7-4-9-27(36)31(22)24)17-29(26)39-33(40-32)45-21-35-10-5-13-42(35)19-23(37)18-35/h2-4,6-9,16-17,23H,1,5,10-15,18-21H2/t23-,35+/m1/s1. The molecule has 10 heteroatoms. The van der Waals surface area contributed by atoms with E-state index in [4.69, 9.17) is 26.3 Å². The fourth-order valence-electron chi connectivity index (χ4n) is 7.95. The number of aromatic nitrogens is 2. The number of nitrogens with zero attached hydrogens (tertiary/aromatic N) is 5. The van der Waals surface area contributed by atoms with Gasteiger partial charge in [0.2, 0.25) is 5.91 Å². The van der Waals surface area contributed by atoms with Crippen LogP contribution in [0.4, 0.5) is 14.6 Å². The van der Waals surface area contributed by atoms with Gasteiger partial charge in [-0.15, -0.1) is 0 Å². The summed E-state index contributed by atoms with van der Waals surface area (Å²) < 4.78 is 37.1. The zero-order valence-electron chi connectivity index (χ0n) is 24.9. The molecule has 3 aliphatic heterocycles. The molecule has 2 atom stereocenters. The smallest absolute Gasteiger partial charge is 0.319 e. The van der Waals surface area contributed by atoms with Crippen molar-refractivity contribution in [2.24, 2.45) is 0 Å². The van der Waals surface area contributed by atoms with Crippen LogP contribution >= 0.6 is 11.6 Å². The molecule has 4 aliphatic rings. The van der Waals surface area contributed by atoms with Crippen LogP contribution in [0.25, 0.3) is 32.8 Å². The van der Waals surface area contributed by atoms with E-state index in [1.54, 1.807) is 12.1 Å². The summed E-state index contributed by atoms with van der Waals surface area (Å²) in [7, 11) is 0. The first-order chi connectivity index (χ1) is 21.8. The van der Waals surface area contributed by atoms with Gasteiger partial charge in [0.25, 0.3) is 0 Å². The summed E-state index contributed by atoms with van der Waals surface area (Å²) in [5, 5.41) is 2.81. The maximum Gasteiger partial charge on any atom is 0.319 e. The molecule has 0 radical (unpaired) electrons. The first-order valence-corrected chi connectivity index (χ1v) is 16.1. The molecule has 1 spiro atoms. The lowest BCUT2D eigenvalue weighted by molar-refractivity contribution is -0.127. The summed E-state index contributed by atoms with van der Waals surface area (Å²) in [4.78, 5) is 28.5. The highest BCUT2D eigenvalue weighted by molar-refractivity contribution is 6.36. The number of halogens is 3. The third-order valence-electron chi connectivity index (χ3n) is 10.3. The van der Waals surface area contributed by atoms with Gasteiger partial charge in [-0.25, -0.2) is 8.78 Å². The summed E-state index contributed by atoms with van der Waals surface area (Å²) in [5.41, 5.74) is 0.958. The van der Waals surface area contributed by atoms with Crippen LogP contribution in [0.5, 0.6) is 6.01 Å². The lowest BCUT2D eigenvalue weighted by Gasteiger charge is -2.43. The number of fused-ring (bicyclic) bond motifs is 3. The molecule has 45 heavy (non-hydrogen) atoms. The van der Waals surface area contributed by atoms with E-state index in [1.165, 1.54) is 12.1 Å². The Hall–Kier alpha value is -3.82. The third-order valence-corrected chi connectivity index (χ3v) is 10.7. The highest BCUT2D eigenvalue weighted by Crippen LogP contribution is 2.48. The predicted octanol–water partition coefficient (Wildman–Crippen LogP) is 6.56. The van der Waals surface area contributed by atoms with E-state index in [2.05, 4.69) is 16.4 Å². The van der Waals surface area contributed by atoms with Gasteiger partial charge in [-0.2, -0.15) is 9.97 Å². The van der Waals surface area contributed by atoms with Crippen molar-refractivity contribution in [2.75, 3.05) is 44.2 Å². The van der Waals surface area contributed by atoms with Crippen molar-refractivity contribution in [1.29, 1.82) is 0 Å². The Balaban J connectivity index is 1.24. The number of amides is 1. The number of alkyl halides is 1. The van der Waals surface area contributed by atoms with Crippen LogP contribution in [-0.2, 0) is 4.79 Å². The Bertz CT molecular complexity index is 1860. The van der Waals surface area contributed by atoms with Crippen LogP contribution in [0.1, 0.15) is 32.1 Å². The lowest BCUT2D eigenvalue weighted by Crippen LogP contribution is -2.56. The second-order valence-electron chi connectivity index (χ2n) is 13.0. The van der Waals surface area contributed by atoms with Gasteiger partial charge in [-0.3, -0.25) is 9.69 Å². The molecule has 1 aromatic heterocycles. The Labute approximate surface area is 265 Å². The van der Waals surface area contributed by atoms with Gasteiger partial charge >= 0.3 is 6.01 Å². The number of carbonyl (C=O) groups excluding carboxylic acids is 1. The molecular weight excluding hydrogens is 596 g/mol. The average Bonchev–Trinajstić information content (AvgIpc) is 3.57. The van der Waals surface area contributed by atoms with E-state index in [-0.39, 0.29) is 29.6 Å². The van der Waals surface area contributed by atoms with Gasteiger partial charge in [0.1, 0.15) is 24.4 Å². The Morgan fingerprint density at radius 3 is 2.71 bits per heavy atom. The van der Waals surface area contributed by atoms with Gasteiger partial charge in [0.05, 0.1) is 16.6 Å². The molecule has 0 bridgehead atoms. The monoisotopic (exact) mass is 629 g/mol. The van der Waals surface area contributed by atoms with E-state index in [9.17, 15) is 9.18 Å². The van der Waals surface area contributed by atoms with Crippen molar-refractivity contribution < 1.29 is 18.3 Å². The summed E-state index contributed by atoms with van der Waals surface area (Å²) >= 11 is 6.64. The second kappa shape index (κ2) is 10.6. The Morgan fingerprint density at radius 2 is 1.91 bits per heavy atom. The highest BCUT2D eigenvalue weighted by Gasteiger charge is 2.53. The number of benzene rings is 3. The molecule has 4 fully saturated rings. The quantitative estimate of drug-likeness (QED) is 0.225. The number of hydrogen-bond acceptors (Lipinski definition) is 6. The van der Waals surface area contributed by atoms with E-state index >= 15 is 4.39 Å². The number of anilines is 1. The first kappa shape index (κ1) is 28.6. The van der Waals surface area contributed by atoms with Gasteiger partial charge in [-0.1, -0.05) is 48.5 Å². The molecule has 232 valence electrons. The molecule has 7 nitrogen and oxygen atoms in total. The molecule has 0 unspecified atom stereocenters. The summed E-state index contributed by atoms with van der Waals surface area (Å²) in [6.07, 6.45) is 4.57. The van der Waals surface area contributed by atoms with Crippen LogP contribution in [0.15, 0.2) is 61.2 Å². The van der Waals surface area contributed by atoms with Crippen LogP contribution in [0.2, 0.25) is 5.02 Å². The van der Waals surface area contributed by atoms with Crippen LogP contribution in [0.3, 0.4) is 0 Å². The number of piperazine rings is 1. The maximum atomic E-state index is 16.2. The van der Waals surface area contributed by atoms with Crippen LogP contribution in [-0.4, -0.2) is 82.3 Å². The summed E-state index contributed by atoms with van der Waals surface area (Å²) in [6, 6.07) is 14.8. The van der Waals surface area contributed by atoms with Crippen LogP contribution in [0, 0.1) is 5.82 Å². The predicted molar refractivity (Wildman–Crippen MR) is 172 cm³/mol. The molecular formula is C35H34ClF2N5O2. The molecule has 8 rings (SSSR count). The van der Waals surface area contributed by atoms with E-state index in [0.29, 0.717) is 65.5 Å². The minimum Gasteiger partial charge on any atom is -0.461 e. The first-order valence-electron chi connectivity index (χ1n) is 15.7. The lowest BCUT2D eigenvalue weighted by atomic mass is 9.95. The number of ether oxygens (including phenoxy) is 1. The van der Waals surface area contributed by atoms with Crippen molar-refractivity contribution in [2.45, 2.75) is 49.4 Å².